The van der Waals surface area contributed by atoms with Crippen molar-refractivity contribution in [3.8, 4) is 0 Å². The molecule has 0 aromatic heterocycles. The summed E-state index contributed by atoms with van der Waals surface area (Å²) >= 11 is 0. The van der Waals surface area contributed by atoms with E-state index >= 15 is 0 Å². The highest BCUT2D eigenvalue weighted by Gasteiger charge is 2.26. The zero-order valence-corrected chi connectivity index (χ0v) is 6.88. The number of hydrogen-bond acceptors (Lipinski definition) is 2. The number of aliphatic hydroxyl groups is 1. The maximum absolute atomic E-state index is 9.25. The highest BCUT2D eigenvalue weighted by Crippen LogP contribution is 2.19. The molecule has 0 aliphatic carbocycles. The second kappa shape index (κ2) is 3.35. The molecule has 1 N–H and O–H groups in total. The van der Waals surface area contributed by atoms with E-state index in [1.807, 2.05) is 0 Å². The molecule has 2 nitrogen and oxygen atoms in total. The van der Waals surface area contributed by atoms with Gasteiger partial charge < -0.3 is 10.0 Å². The van der Waals surface area contributed by atoms with Gasteiger partial charge in [-0.1, -0.05) is 13.3 Å². The van der Waals surface area contributed by atoms with E-state index in [2.05, 4.69) is 18.9 Å². The lowest BCUT2D eigenvalue weighted by Gasteiger charge is -2.17. The molecule has 0 aromatic carbocycles. The minimum atomic E-state index is -0.0680. The Kier molecular flexibility index (Phi) is 2.69. The van der Waals surface area contributed by atoms with Crippen LogP contribution in [0.25, 0.3) is 0 Å². The Morgan fingerprint density at radius 2 is 2.30 bits per heavy atom. The van der Waals surface area contributed by atoms with Crippen molar-refractivity contribution in [2.75, 3.05) is 13.6 Å². The Morgan fingerprint density at radius 1 is 1.60 bits per heavy atom. The molecule has 0 aromatic rings. The molecule has 2 heteroatoms. The fraction of sp³-hybridized carbons (Fsp3) is 1.00. The first-order valence-corrected chi connectivity index (χ1v) is 4.12. The maximum Gasteiger partial charge on any atom is 0.0682 e. The van der Waals surface area contributed by atoms with E-state index in [1.165, 1.54) is 12.8 Å². The minimum absolute atomic E-state index is 0.0680. The molecule has 0 saturated carbocycles. The molecule has 0 unspecified atom stereocenters. The Balaban J connectivity index is 2.31. The SMILES string of the molecule is CCC[C@H]1C[C@H](O)CN1C. The van der Waals surface area contributed by atoms with Crippen molar-refractivity contribution in [3.63, 3.8) is 0 Å². The van der Waals surface area contributed by atoms with Crippen LogP contribution in [0.3, 0.4) is 0 Å². The standard InChI is InChI=1S/C8H17NO/c1-3-4-7-5-8(10)6-9(7)2/h7-8,10H,3-6H2,1-2H3/t7-,8-/m0/s1. The Labute approximate surface area is 62.8 Å². The summed E-state index contributed by atoms with van der Waals surface area (Å²) in [5.41, 5.74) is 0. The van der Waals surface area contributed by atoms with Crippen LogP contribution >= 0.6 is 0 Å². The third-order valence-electron chi connectivity index (χ3n) is 2.29. The second-order valence-electron chi connectivity index (χ2n) is 3.27. The molecule has 1 aliphatic heterocycles. The lowest BCUT2D eigenvalue weighted by atomic mass is 10.1. The summed E-state index contributed by atoms with van der Waals surface area (Å²) in [6.45, 7) is 3.06. The fourth-order valence-electron chi connectivity index (χ4n) is 1.72. The molecule has 0 spiro atoms. The normalized spacial score (nSPS) is 35.1. The van der Waals surface area contributed by atoms with Crippen LogP contribution in [0.4, 0.5) is 0 Å². The van der Waals surface area contributed by atoms with E-state index in [4.69, 9.17) is 0 Å². The molecular formula is C8H17NO. The van der Waals surface area contributed by atoms with Crippen molar-refractivity contribution in [1.82, 2.24) is 4.90 Å². The molecular weight excluding hydrogens is 126 g/mol. The first kappa shape index (κ1) is 8.02. The number of hydrogen-bond donors (Lipinski definition) is 1. The lowest BCUT2D eigenvalue weighted by Crippen LogP contribution is -2.24. The number of likely N-dealkylation sites (tertiary alicyclic amines) is 1. The van der Waals surface area contributed by atoms with Crippen LogP contribution in [-0.4, -0.2) is 35.7 Å². The van der Waals surface area contributed by atoms with E-state index in [9.17, 15) is 5.11 Å². The van der Waals surface area contributed by atoms with E-state index in [-0.39, 0.29) is 6.10 Å². The van der Waals surface area contributed by atoms with E-state index in [0.717, 1.165) is 13.0 Å². The highest BCUT2D eigenvalue weighted by atomic mass is 16.3. The molecule has 0 radical (unpaired) electrons. The molecule has 0 bridgehead atoms. The van der Waals surface area contributed by atoms with Gasteiger partial charge in [-0.05, 0) is 19.9 Å². The van der Waals surface area contributed by atoms with Gasteiger partial charge in [0, 0.05) is 12.6 Å². The van der Waals surface area contributed by atoms with E-state index in [1.54, 1.807) is 0 Å². The number of nitrogens with zero attached hydrogens (tertiary/aromatic N) is 1. The van der Waals surface area contributed by atoms with Crippen LogP contribution in [0, 0.1) is 0 Å². The Bertz CT molecular complexity index is 105. The van der Waals surface area contributed by atoms with Gasteiger partial charge in [0.25, 0.3) is 0 Å². The largest absolute Gasteiger partial charge is 0.392 e. The predicted molar refractivity (Wildman–Crippen MR) is 41.9 cm³/mol. The summed E-state index contributed by atoms with van der Waals surface area (Å²) in [6.07, 6.45) is 3.36. The van der Waals surface area contributed by atoms with Gasteiger partial charge in [-0.3, -0.25) is 0 Å². The number of aliphatic hydroxyl groups excluding tert-OH is 1. The second-order valence-corrected chi connectivity index (χ2v) is 3.27. The zero-order chi connectivity index (χ0) is 7.56. The molecule has 1 fully saturated rings. The Hall–Kier alpha value is -0.0800. The predicted octanol–water partition coefficient (Wildman–Crippen LogP) is 0.851. The quantitative estimate of drug-likeness (QED) is 0.619. The van der Waals surface area contributed by atoms with Gasteiger partial charge in [-0.15, -0.1) is 0 Å². The van der Waals surface area contributed by atoms with Gasteiger partial charge in [0.15, 0.2) is 0 Å². The van der Waals surface area contributed by atoms with Crippen LogP contribution in [0.2, 0.25) is 0 Å². The summed E-state index contributed by atoms with van der Waals surface area (Å²) in [7, 11) is 2.09. The first-order chi connectivity index (χ1) is 4.74. The summed E-state index contributed by atoms with van der Waals surface area (Å²) in [5, 5.41) is 9.25. The van der Waals surface area contributed by atoms with Crippen molar-refractivity contribution >= 4 is 0 Å². The third kappa shape index (κ3) is 1.70. The summed E-state index contributed by atoms with van der Waals surface area (Å²) in [5.74, 6) is 0. The fourth-order valence-corrected chi connectivity index (χ4v) is 1.72. The lowest BCUT2D eigenvalue weighted by molar-refractivity contribution is 0.182. The van der Waals surface area contributed by atoms with Crippen LogP contribution in [-0.2, 0) is 0 Å². The van der Waals surface area contributed by atoms with Gasteiger partial charge in [-0.2, -0.15) is 0 Å². The van der Waals surface area contributed by atoms with E-state index in [0.29, 0.717) is 6.04 Å². The Morgan fingerprint density at radius 3 is 2.70 bits per heavy atom. The first-order valence-electron chi connectivity index (χ1n) is 4.12. The number of rotatable bonds is 2. The molecule has 2 atom stereocenters. The van der Waals surface area contributed by atoms with Crippen LogP contribution in [0.5, 0.6) is 0 Å². The average molecular weight is 143 g/mol. The van der Waals surface area contributed by atoms with Crippen molar-refractivity contribution in [3.05, 3.63) is 0 Å². The maximum atomic E-state index is 9.25. The van der Waals surface area contributed by atoms with Crippen molar-refractivity contribution in [1.29, 1.82) is 0 Å². The number of β-amino-alcohol motifs (C(OH)–C–C–N with tert-alkyl or cyclic N) is 1. The molecule has 1 heterocycles. The monoisotopic (exact) mass is 143 g/mol. The van der Waals surface area contributed by atoms with Gasteiger partial charge in [0.1, 0.15) is 0 Å². The molecule has 1 aliphatic rings. The van der Waals surface area contributed by atoms with Crippen molar-refractivity contribution in [2.45, 2.75) is 38.3 Å². The van der Waals surface area contributed by atoms with Gasteiger partial charge in [-0.25, -0.2) is 0 Å². The summed E-state index contributed by atoms with van der Waals surface area (Å²) < 4.78 is 0. The summed E-state index contributed by atoms with van der Waals surface area (Å²) in [4.78, 5) is 2.26. The van der Waals surface area contributed by atoms with Gasteiger partial charge in [0.2, 0.25) is 0 Å². The molecule has 1 rings (SSSR count). The topological polar surface area (TPSA) is 23.5 Å². The van der Waals surface area contributed by atoms with Crippen LogP contribution in [0.15, 0.2) is 0 Å². The molecule has 10 heavy (non-hydrogen) atoms. The van der Waals surface area contributed by atoms with Gasteiger partial charge in [0.05, 0.1) is 6.10 Å². The molecule has 0 amide bonds. The zero-order valence-electron chi connectivity index (χ0n) is 6.88. The number of likely N-dealkylation sites (N-methyl/N-ethyl adjacent to an activating group) is 1. The third-order valence-corrected chi connectivity index (χ3v) is 2.29. The molecule has 60 valence electrons. The highest BCUT2D eigenvalue weighted by molar-refractivity contribution is 4.81. The smallest absolute Gasteiger partial charge is 0.0682 e. The minimum Gasteiger partial charge on any atom is -0.392 e. The molecule has 1 saturated heterocycles. The van der Waals surface area contributed by atoms with Crippen LogP contribution in [0.1, 0.15) is 26.2 Å². The average Bonchev–Trinajstić information content (AvgIpc) is 2.13. The summed E-state index contributed by atoms with van der Waals surface area (Å²) in [6, 6.07) is 0.639. The van der Waals surface area contributed by atoms with E-state index < -0.39 is 0 Å². The van der Waals surface area contributed by atoms with Gasteiger partial charge >= 0.3 is 0 Å². The van der Waals surface area contributed by atoms with Crippen molar-refractivity contribution < 1.29 is 5.11 Å². The van der Waals surface area contributed by atoms with Crippen molar-refractivity contribution in [2.24, 2.45) is 0 Å². The van der Waals surface area contributed by atoms with Crippen LogP contribution < -0.4 is 0 Å².